The lowest BCUT2D eigenvalue weighted by Gasteiger charge is -2.10. The molecule has 0 atom stereocenters. The van der Waals surface area contributed by atoms with Crippen molar-refractivity contribution in [3.8, 4) is 16.9 Å². The molecule has 0 amide bonds. The first-order valence-electron chi connectivity index (χ1n) is 8.92. The van der Waals surface area contributed by atoms with Crippen LogP contribution in [0, 0.1) is 20.8 Å². The topological polar surface area (TPSA) is 53.1 Å². The van der Waals surface area contributed by atoms with Crippen LogP contribution in [0.2, 0.25) is 0 Å². The van der Waals surface area contributed by atoms with Gasteiger partial charge in [-0.3, -0.25) is 0 Å². The third-order valence-corrected chi connectivity index (χ3v) is 4.72. The van der Waals surface area contributed by atoms with Crippen LogP contribution in [0.25, 0.3) is 22.2 Å². The summed E-state index contributed by atoms with van der Waals surface area (Å²) >= 11 is 0. The van der Waals surface area contributed by atoms with Crippen molar-refractivity contribution >= 4 is 24.3 Å². The summed E-state index contributed by atoms with van der Waals surface area (Å²) in [5.74, 6) is 2.54. The number of aromatic nitrogens is 3. The molecule has 2 aromatic carbocycles. The van der Waals surface area contributed by atoms with E-state index < -0.39 is 0 Å². The summed E-state index contributed by atoms with van der Waals surface area (Å²) in [6.07, 6.45) is 0. The number of hydrogen-bond acceptors (Lipinski definition) is 4. The molecule has 5 nitrogen and oxygen atoms in total. The van der Waals surface area contributed by atoms with Gasteiger partial charge in [-0.2, -0.15) is 0 Å². The first-order valence-corrected chi connectivity index (χ1v) is 8.92. The van der Waals surface area contributed by atoms with Gasteiger partial charge in [-0.15, -0.1) is 0 Å². The van der Waals surface area contributed by atoms with E-state index in [-0.39, 0.29) is 0 Å². The number of nitrogens with zero attached hydrogens (tertiary/aromatic N) is 3. The van der Waals surface area contributed by atoms with E-state index in [1.54, 1.807) is 0 Å². The summed E-state index contributed by atoms with van der Waals surface area (Å²) in [7, 11) is 6.31. The average Bonchev–Trinajstić information content (AvgIpc) is 3.15. The first kappa shape index (κ1) is 17.4. The first-order chi connectivity index (χ1) is 13.0. The fourth-order valence-electron chi connectivity index (χ4n) is 3.46. The molecule has 0 aliphatic heterocycles. The number of imidazole rings is 1. The van der Waals surface area contributed by atoms with Gasteiger partial charge in [0.1, 0.15) is 31.8 Å². The molecule has 0 bridgehead atoms. The molecule has 2 aromatic heterocycles. The van der Waals surface area contributed by atoms with Crippen molar-refractivity contribution in [2.24, 2.45) is 0 Å². The molecule has 0 N–H and O–H groups in total. The van der Waals surface area contributed by atoms with Crippen LogP contribution >= 0.6 is 0 Å². The van der Waals surface area contributed by atoms with Crippen LogP contribution < -0.4 is 10.2 Å². The van der Waals surface area contributed by atoms with Crippen molar-refractivity contribution in [2.45, 2.75) is 27.3 Å². The van der Waals surface area contributed by atoms with Gasteiger partial charge >= 0.3 is 0 Å². The third kappa shape index (κ3) is 3.23. The Bertz CT molecular complexity index is 1080. The molecule has 6 heteroatoms. The Kier molecular flexibility index (Phi) is 4.48. The normalized spacial score (nSPS) is 11.2. The second-order valence-corrected chi connectivity index (χ2v) is 6.60. The molecule has 134 valence electrons. The van der Waals surface area contributed by atoms with E-state index in [9.17, 15) is 0 Å². The lowest BCUT2D eigenvalue weighted by Crippen LogP contribution is -2.10. The second kappa shape index (κ2) is 6.95. The van der Waals surface area contributed by atoms with E-state index in [0.717, 1.165) is 45.2 Å². The Morgan fingerprint density at radius 2 is 1.89 bits per heavy atom. The third-order valence-electron chi connectivity index (χ3n) is 4.72. The van der Waals surface area contributed by atoms with Crippen LogP contribution in [0.5, 0.6) is 5.75 Å². The minimum atomic E-state index is 0.547. The fraction of sp³-hybridized carbons (Fsp3) is 0.238. The van der Waals surface area contributed by atoms with Crippen molar-refractivity contribution < 1.29 is 9.26 Å². The van der Waals surface area contributed by atoms with Gasteiger partial charge in [0, 0.05) is 5.56 Å². The summed E-state index contributed by atoms with van der Waals surface area (Å²) in [6.45, 7) is 7.06. The minimum absolute atomic E-state index is 0.547. The number of hydrogen-bond donors (Lipinski definition) is 0. The smallest absolute Gasteiger partial charge is 0.141 e. The number of rotatable bonds is 5. The van der Waals surface area contributed by atoms with E-state index in [2.05, 4.69) is 20.8 Å². The standard InChI is InChI=1S/C21H20BN3O2/c1-13-20(14(2)27-24-13)16-11-18(22)21-19(12-16)25(15(3)23-21)9-10-26-17-7-5-4-6-8-17/h4-8,11-12H,9-10H2,1-3H3. The van der Waals surface area contributed by atoms with Gasteiger partial charge in [-0.1, -0.05) is 34.9 Å². The van der Waals surface area contributed by atoms with Crippen LogP contribution in [-0.2, 0) is 6.54 Å². The lowest BCUT2D eigenvalue weighted by molar-refractivity contribution is 0.299. The number of para-hydroxylation sites is 1. The zero-order valence-corrected chi connectivity index (χ0v) is 15.7. The molecule has 27 heavy (non-hydrogen) atoms. The maximum atomic E-state index is 6.31. The van der Waals surface area contributed by atoms with E-state index >= 15 is 0 Å². The highest BCUT2D eigenvalue weighted by molar-refractivity contribution is 6.38. The number of benzene rings is 2. The van der Waals surface area contributed by atoms with E-state index in [0.29, 0.717) is 18.6 Å². The van der Waals surface area contributed by atoms with Crippen molar-refractivity contribution in [3.63, 3.8) is 0 Å². The molecule has 0 fully saturated rings. The largest absolute Gasteiger partial charge is 0.492 e. The highest BCUT2D eigenvalue weighted by Crippen LogP contribution is 2.29. The van der Waals surface area contributed by atoms with Gasteiger partial charge < -0.3 is 13.8 Å². The monoisotopic (exact) mass is 357 g/mol. The van der Waals surface area contributed by atoms with Gasteiger partial charge in [0.25, 0.3) is 0 Å². The van der Waals surface area contributed by atoms with Crippen LogP contribution in [-0.4, -0.2) is 29.2 Å². The van der Waals surface area contributed by atoms with Crippen LogP contribution in [0.1, 0.15) is 17.3 Å². The van der Waals surface area contributed by atoms with Gasteiger partial charge in [0.15, 0.2) is 0 Å². The predicted octanol–water partition coefficient (Wildman–Crippen LogP) is 3.49. The molecule has 0 saturated heterocycles. The quantitative estimate of drug-likeness (QED) is 0.513. The summed E-state index contributed by atoms with van der Waals surface area (Å²) in [4.78, 5) is 4.65. The van der Waals surface area contributed by atoms with E-state index in [4.69, 9.17) is 17.1 Å². The van der Waals surface area contributed by atoms with Crippen LogP contribution in [0.3, 0.4) is 0 Å². The second-order valence-electron chi connectivity index (χ2n) is 6.60. The average molecular weight is 357 g/mol. The molecule has 4 aromatic rings. The Morgan fingerprint density at radius 3 is 2.59 bits per heavy atom. The molecule has 0 unspecified atom stereocenters. The maximum Gasteiger partial charge on any atom is 0.141 e. The zero-order chi connectivity index (χ0) is 19.0. The van der Waals surface area contributed by atoms with E-state index in [1.165, 1.54) is 0 Å². The fourth-order valence-corrected chi connectivity index (χ4v) is 3.46. The number of ether oxygens (including phenoxy) is 1. The van der Waals surface area contributed by atoms with Crippen LogP contribution in [0.15, 0.2) is 47.0 Å². The Labute approximate surface area is 159 Å². The Hall–Kier alpha value is -3.02. The van der Waals surface area contributed by atoms with Crippen molar-refractivity contribution in [3.05, 3.63) is 59.7 Å². The summed E-state index contributed by atoms with van der Waals surface area (Å²) in [5.41, 5.74) is 5.26. The maximum absolute atomic E-state index is 6.31. The summed E-state index contributed by atoms with van der Waals surface area (Å²) in [5, 5.41) is 4.05. The highest BCUT2D eigenvalue weighted by Gasteiger charge is 2.16. The molecule has 0 spiro atoms. The minimum Gasteiger partial charge on any atom is -0.492 e. The van der Waals surface area contributed by atoms with Crippen molar-refractivity contribution in [1.82, 2.24) is 14.7 Å². The molecule has 0 aliphatic carbocycles. The van der Waals surface area contributed by atoms with Gasteiger partial charge in [0.05, 0.1) is 23.3 Å². The van der Waals surface area contributed by atoms with Gasteiger partial charge in [-0.05, 0) is 44.5 Å². The zero-order valence-electron chi connectivity index (χ0n) is 15.7. The molecule has 0 aliphatic rings. The number of aryl methyl sites for hydroxylation is 3. The summed E-state index contributed by atoms with van der Waals surface area (Å²) < 4.78 is 13.3. The predicted molar refractivity (Wildman–Crippen MR) is 107 cm³/mol. The van der Waals surface area contributed by atoms with Gasteiger partial charge in [0.2, 0.25) is 0 Å². The van der Waals surface area contributed by atoms with Crippen molar-refractivity contribution in [1.29, 1.82) is 0 Å². The SMILES string of the molecule is [B]c1cc(-c2c(C)noc2C)cc2c1nc(C)n2CCOc1ccccc1. The van der Waals surface area contributed by atoms with Gasteiger partial charge in [-0.25, -0.2) is 4.98 Å². The van der Waals surface area contributed by atoms with E-state index in [1.807, 2.05) is 57.2 Å². The molecule has 2 heterocycles. The Morgan fingerprint density at radius 1 is 1.11 bits per heavy atom. The number of fused-ring (bicyclic) bond motifs is 1. The molecule has 0 saturated carbocycles. The summed E-state index contributed by atoms with van der Waals surface area (Å²) in [6, 6.07) is 13.8. The molecular formula is C21H20BN3O2. The lowest BCUT2D eigenvalue weighted by atomic mass is 9.90. The highest BCUT2D eigenvalue weighted by atomic mass is 16.5. The Balaban J connectivity index is 1.69. The molecule has 2 radical (unpaired) electrons. The van der Waals surface area contributed by atoms with Crippen molar-refractivity contribution in [2.75, 3.05) is 6.61 Å². The molecular weight excluding hydrogens is 337 g/mol. The molecule has 4 rings (SSSR count). The van der Waals surface area contributed by atoms with Crippen LogP contribution in [0.4, 0.5) is 0 Å².